The van der Waals surface area contributed by atoms with Crippen molar-refractivity contribution in [2.45, 2.75) is 26.3 Å². The Labute approximate surface area is 125 Å². The predicted octanol–water partition coefficient (Wildman–Crippen LogP) is 3.50. The summed E-state index contributed by atoms with van der Waals surface area (Å²) in [5.41, 5.74) is 1.66. The molecule has 0 amide bonds. The van der Waals surface area contributed by atoms with Crippen molar-refractivity contribution in [2.75, 3.05) is 0 Å². The largest absolute Gasteiger partial charge is 0.478 e. The minimum atomic E-state index is -0.934. The van der Waals surface area contributed by atoms with Gasteiger partial charge in [0.05, 0.1) is 22.6 Å². The van der Waals surface area contributed by atoms with Crippen molar-refractivity contribution < 1.29 is 9.90 Å². The number of thiazole rings is 1. The fourth-order valence-corrected chi connectivity index (χ4v) is 3.50. The van der Waals surface area contributed by atoms with Crippen LogP contribution in [0.15, 0.2) is 29.8 Å². The van der Waals surface area contributed by atoms with Crippen molar-refractivity contribution in [2.24, 2.45) is 0 Å². The quantitative estimate of drug-likeness (QED) is 0.801. The lowest BCUT2D eigenvalue weighted by atomic mass is 10.1. The Morgan fingerprint density at radius 2 is 2.29 bits per heavy atom. The molecule has 3 aromatic rings. The normalized spacial score (nSPS) is 12.7. The van der Waals surface area contributed by atoms with E-state index in [-0.39, 0.29) is 11.6 Å². The van der Waals surface area contributed by atoms with Crippen LogP contribution in [0.5, 0.6) is 0 Å². The van der Waals surface area contributed by atoms with Crippen LogP contribution in [0.25, 0.3) is 11.0 Å². The van der Waals surface area contributed by atoms with Gasteiger partial charge in [0.15, 0.2) is 0 Å². The van der Waals surface area contributed by atoms with E-state index in [0.29, 0.717) is 11.0 Å². The van der Waals surface area contributed by atoms with Gasteiger partial charge in [-0.15, -0.1) is 11.3 Å². The fourth-order valence-electron chi connectivity index (χ4n) is 2.69. The SMILES string of the molecule is CCC(c1nccs1)n1c(C)nc2cccc(C(=O)O)c21. The van der Waals surface area contributed by atoms with Crippen LogP contribution in [0.3, 0.4) is 0 Å². The summed E-state index contributed by atoms with van der Waals surface area (Å²) in [5.74, 6) is -0.128. The lowest BCUT2D eigenvalue weighted by Crippen LogP contribution is -2.13. The number of aromatic nitrogens is 3. The van der Waals surface area contributed by atoms with Crippen LogP contribution in [0, 0.1) is 6.92 Å². The van der Waals surface area contributed by atoms with Gasteiger partial charge in [-0.3, -0.25) is 0 Å². The predicted molar refractivity (Wildman–Crippen MR) is 82.0 cm³/mol. The fraction of sp³-hybridized carbons (Fsp3) is 0.267. The number of nitrogens with zero attached hydrogens (tertiary/aromatic N) is 3. The zero-order valence-corrected chi connectivity index (χ0v) is 12.6. The maximum atomic E-state index is 11.5. The summed E-state index contributed by atoms with van der Waals surface area (Å²) < 4.78 is 2.00. The molecule has 21 heavy (non-hydrogen) atoms. The number of para-hydroxylation sites is 1. The van der Waals surface area contributed by atoms with E-state index < -0.39 is 5.97 Å². The third kappa shape index (κ3) is 2.21. The number of aryl methyl sites for hydroxylation is 1. The molecule has 6 heteroatoms. The average Bonchev–Trinajstić information content (AvgIpc) is 3.08. The smallest absolute Gasteiger partial charge is 0.337 e. The van der Waals surface area contributed by atoms with Crippen molar-refractivity contribution in [3.8, 4) is 0 Å². The molecular weight excluding hydrogens is 286 g/mol. The zero-order chi connectivity index (χ0) is 15.0. The molecule has 5 nitrogen and oxygen atoms in total. The van der Waals surface area contributed by atoms with Crippen molar-refractivity contribution in [3.05, 3.63) is 46.2 Å². The first-order valence-corrected chi connectivity index (χ1v) is 7.61. The summed E-state index contributed by atoms with van der Waals surface area (Å²) in [7, 11) is 0. The van der Waals surface area contributed by atoms with Gasteiger partial charge < -0.3 is 9.67 Å². The Kier molecular flexibility index (Phi) is 3.47. The van der Waals surface area contributed by atoms with Gasteiger partial charge in [0, 0.05) is 11.6 Å². The number of fused-ring (bicyclic) bond motifs is 1. The van der Waals surface area contributed by atoms with Gasteiger partial charge in [-0.25, -0.2) is 14.8 Å². The van der Waals surface area contributed by atoms with E-state index >= 15 is 0 Å². The van der Waals surface area contributed by atoms with Crippen molar-refractivity contribution in [3.63, 3.8) is 0 Å². The number of hydrogen-bond acceptors (Lipinski definition) is 4. The van der Waals surface area contributed by atoms with Gasteiger partial charge in [0.25, 0.3) is 0 Å². The summed E-state index contributed by atoms with van der Waals surface area (Å²) >= 11 is 1.58. The Hall–Kier alpha value is -2.21. The molecule has 1 N–H and O–H groups in total. The molecule has 1 atom stereocenters. The van der Waals surface area contributed by atoms with Crippen LogP contribution in [-0.4, -0.2) is 25.6 Å². The molecule has 1 unspecified atom stereocenters. The standard InChI is InChI=1S/C15H15N3O2S/c1-3-12(14-16-7-8-21-14)18-9(2)17-11-6-4-5-10(13(11)18)15(19)20/h4-8,12H,3H2,1-2H3,(H,19,20). The highest BCUT2D eigenvalue weighted by molar-refractivity contribution is 7.09. The van der Waals surface area contributed by atoms with E-state index in [2.05, 4.69) is 16.9 Å². The summed E-state index contributed by atoms with van der Waals surface area (Å²) in [6, 6.07) is 5.21. The summed E-state index contributed by atoms with van der Waals surface area (Å²) in [5, 5.41) is 12.4. The molecule has 0 aliphatic carbocycles. The molecular formula is C15H15N3O2S. The van der Waals surface area contributed by atoms with E-state index in [1.807, 2.05) is 22.9 Å². The number of carboxylic acid groups (broad SMARTS) is 1. The molecule has 2 heterocycles. The van der Waals surface area contributed by atoms with Gasteiger partial charge in [-0.2, -0.15) is 0 Å². The number of benzene rings is 1. The van der Waals surface area contributed by atoms with Crippen LogP contribution in [0.4, 0.5) is 0 Å². The first-order chi connectivity index (χ1) is 10.1. The summed E-state index contributed by atoms with van der Waals surface area (Å²) in [6.07, 6.45) is 2.60. The van der Waals surface area contributed by atoms with Crippen LogP contribution in [-0.2, 0) is 0 Å². The monoisotopic (exact) mass is 301 g/mol. The van der Waals surface area contributed by atoms with E-state index in [1.54, 1.807) is 29.7 Å². The van der Waals surface area contributed by atoms with E-state index in [1.165, 1.54) is 0 Å². The first kappa shape index (κ1) is 13.8. The minimum absolute atomic E-state index is 0.00972. The average molecular weight is 301 g/mol. The van der Waals surface area contributed by atoms with Crippen LogP contribution < -0.4 is 0 Å². The highest BCUT2D eigenvalue weighted by Gasteiger charge is 2.23. The molecule has 0 aliphatic heterocycles. The Morgan fingerprint density at radius 1 is 1.48 bits per heavy atom. The molecule has 0 aliphatic rings. The maximum absolute atomic E-state index is 11.5. The molecule has 0 radical (unpaired) electrons. The molecule has 108 valence electrons. The second-order valence-corrected chi connectivity index (χ2v) is 5.73. The molecule has 0 saturated heterocycles. The zero-order valence-electron chi connectivity index (χ0n) is 11.8. The van der Waals surface area contributed by atoms with Crippen LogP contribution in [0.2, 0.25) is 0 Å². The van der Waals surface area contributed by atoms with Crippen LogP contribution >= 0.6 is 11.3 Å². The lowest BCUT2D eigenvalue weighted by Gasteiger charge is -2.18. The van der Waals surface area contributed by atoms with Gasteiger partial charge in [-0.1, -0.05) is 13.0 Å². The van der Waals surface area contributed by atoms with E-state index in [9.17, 15) is 9.90 Å². The van der Waals surface area contributed by atoms with Gasteiger partial charge in [0.1, 0.15) is 10.8 Å². The summed E-state index contributed by atoms with van der Waals surface area (Å²) in [4.78, 5) is 20.4. The number of imidazole rings is 1. The second-order valence-electron chi connectivity index (χ2n) is 4.80. The number of hydrogen-bond donors (Lipinski definition) is 1. The Morgan fingerprint density at radius 3 is 2.90 bits per heavy atom. The van der Waals surface area contributed by atoms with E-state index in [4.69, 9.17) is 0 Å². The third-order valence-corrected chi connectivity index (χ3v) is 4.43. The third-order valence-electron chi connectivity index (χ3n) is 3.55. The molecule has 2 aromatic heterocycles. The van der Waals surface area contributed by atoms with Gasteiger partial charge in [0.2, 0.25) is 0 Å². The van der Waals surface area contributed by atoms with Crippen molar-refractivity contribution >= 4 is 28.3 Å². The van der Waals surface area contributed by atoms with Gasteiger partial charge >= 0.3 is 5.97 Å². The Balaban J connectivity index is 2.31. The maximum Gasteiger partial charge on any atom is 0.337 e. The second kappa shape index (κ2) is 5.29. The van der Waals surface area contributed by atoms with Crippen LogP contribution in [0.1, 0.15) is 40.6 Å². The topological polar surface area (TPSA) is 68.0 Å². The highest BCUT2D eigenvalue weighted by atomic mass is 32.1. The molecule has 0 saturated carbocycles. The highest BCUT2D eigenvalue weighted by Crippen LogP contribution is 2.31. The van der Waals surface area contributed by atoms with Gasteiger partial charge in [-0.05, 0) is 25.5 Å². The van der Waals surface area contributed by atoms with Crippen molar-refractivity contribution in [1.29, 1.82) is 0 Å². The number of carbonyl (C=O) groups is 1. The minimum Gasteiger partial charge on any atom is -0.478 e. The summed E-state index contributed by atoms with van der Waals surface area (Å²) in [6.45, 7) is 3.97. The lowest BCUT2D eigenvalue weighted by molar-refractivity contribution is 0.0698. The number of rotatable bonds is 4. The molecule has 0 spiro atoms. The molecule has 0 fully saturated rings. The molecule has 0 bridgehead atoms. The number of carboxylic acids is 1. The first-order valence-electron chi connectivity index (χ1n) is 6.73. The van der Waals surface area contributed by atoms with Crippen molar-refractivity contribution in [1.82, 2.24) is 14.5 Å². The molecule has 1 aromatic carbocycles. The number of aromatic carboxylic acids is 1. The Bertz CT molecular complexity index is 793. The van der Waals surface area contributed by atoms with E-state index in [0.717, 1.165) is 17.3 Å². The molecule has 3 rings (SSSR count).